The molecule has 0 bridgehead atoms. The molecule has 0 fully saturated rings. The predicted molar refractivity (Wildman–Crippen MR) is 137 cm³/mol. The number of nitro groups is 1. The van der Waals surface area contributed by atoms with Gasteiger partial charge in [-0.15, -0.1) is 0 Å². The molecule has 14 heteroatoms. The Morgan fingerprint density at radius 1 is 1.11 bits per heavy atom. The number of amides is 1. The third-order valence-corrected chi connectivity index (χ3v) is 5.60. The second-order valence-electron chi connectivity index (χ2n) is 8.32. The van der Waals surface area contributed by atoms with Gasteiger partial charge in [0.2, 0.25) is 12.5 Å². The second kappa shape index (κ2) is 14.3. The Morgan fingerprint density at radius 2 is 1.76 bits per heavy atom. The fourth-order valence-corrected chi connectivity index (χ4v) is 3.81. The van der Waals surface area contributed by atoms with Crippen LogP contribution < -0.4 is 22.3 Å². The Morgan fingerprint density at radius 3 is 2.34 bits per heavy atom. The summed E-state index contributed by atoms with van der Waals surface area (Å²) < 4.78 is 9.86. The van der Waals surface area contributed by atoms with E-state index in [9.17, 15) is 29.3 Å². The van der Waals surface area contributed by atoms with Gasteiger partial charge in [-0.05, 0) is 50.8 Å². The summed E-state index contributed by atoms with van der Waals surface area (Å²) in [4.78, 5) is 65.8. The number of carbonyl (C=O) groups excluding carboxylic acids is 3. The van der Waals surface area contributed by atoms with Gasteiger partial charge >= 0.3 is 11.9 Å². The topological polar surface area (TPSA) is 223 Å². The average molecular weight is 533 g/mol. The molecule has 0 aliphatic carbocycles. The summed E-state index contributed by atoms with van der Waals surface area (Å²) >= 11 is 0. The molecule has 0 aliphatic heterocycles. The van der Waals surface area contributed by atoms with E-state index in [-0.39, 0.29) is 55.4 Å². The van der Waals surface area contributed by atoms with Crippen molar-refractivity contribution in [2.24, 2.45) is 0 Å². The van der Waals surface area contributed by atoms with Gasteiger partial charge in [0.15, 0.2) is 0 Å². The summed E-state index contributed by atoms with van der Waals surface area (Å²) in [5.41, 5.74) is 11.7. The second-order valence-corrected chi connectivity index (χ2v) is 8.32. The van der Waals surface area contributed by atoms with Gasteiger partial charge in [-0.25, -0.2) is 4.79 Å². The third kappa shape index (κ3) is 8.87. The first-order chi connectivity index (χ1) is 18.0. The van der Waals surface area contributed by atoms with Gasteiger partial charge in [-0.3, -0.25) is 29.5 Å². The summed E-state index contributed by atoms with van der Waals surface area (Å²) in [5, 5.41) is 13.8. The zero-order chi connectivity index (χ0) is 28.2. The monoisotopic (exact) mass is 532 g/mol. The van der Waals surface area contributed by atoms with Crippen LogP contribution in [-0.4, -0.2) is 58.5 Å². The van der Waals surface area contributed by atoms with E-state index in [0.29, 0.717) is 6.42 Å². The number of aryl methyl sites for hydroxylation is 1. The number of nitrogen functional groups attached to an aromatic ring is 2. The molecule has 1 heterocycles. The number of H-pyrrole nitrogens is 1. The maximum atomic E-state index is 12.7. The van der Waals surface area contributed by atoms with Crippen molar-refractivity contribution in [2.75, 3.05) is 31.2 Å². The molecule has 1 amide bonds. The summed E-state index contributed by atoms with van der Waals surface area (Å²) in [6.45, 7) is 3.08. The molecule has 2 rings (SSSR count). The maximum Gasteiger partial charge on any atom is 0.328 e. The summed E-state index contributed by atoms with van der Waals surface area (Å²) in [5.74, 6) is -2.86. The summed E-state index contributed by atoms with van der Waals surface area (Å²) in [6.07, 6.45) is 0.499. The highest BCUT2D eigenvalue weighted by Gasteiger charge is 2.26. The molecule has 0 radical (unpaired) electrons. The van der Waals surface area contributed by atoms with Crippen LogP contribution in [0.4, 0.5) is 11.8 Å². The fraction of sp³-hybridized carbons (Fsp3) is 0.458. The van der Waals surface area contributed by atoms with Crippen molar-refractivity contribution >= 4 is 29.6 Å². The van der Waals surface area contributed by atoms with E-state index in [1.54, 1.807) is 26.0 Å². The Balaban J connectivity index is 2.09. The van der Waals surface area contributed by atoms with Crippen LogP contribution in [0.2, 0.25) is 0 Å². The minimum Gasteiger partial charge on any atom is -0.466 e. The molecule has 1 aromatic carbocycles. The van der Waals surface area contributed by atoms with Crippen molar-refractivity contribution in [1.82, 2.24) is 15.3 Å². The molecule has 1 unspecified atom stereocenters. The third-order valence-electron chi connectivity index (χ3n) is 5.60. The van der Waals surface area contributed by atoms with E-state index in [4.69, 9.17) is 20.9 Å². The molecule has 0 saturated heterocycles. The average Bonchev–Trinajstić information content (AvgIpc) is 2.84. The van der Waals surface area contributed by atoms with Crippen LogP contribution in [0.25, 0.3) is 0 Å². The number of nitrogens with two attached hydrogens (primary N) is 2. The van der Waals surface area contributed by atoms with Gasteiger partial charge in [-0.2, -0.15) is 4.98 Å². The first kappa shape index (κ1) is 29.7. The summed E-state index contributed by atoms with van der Waals surface area (Å²) in [7, 11) is 0. The summed E-state index contributed by atoms with van der Waals surface area (Å²) in [6, 6.07) is 5.35. The SMILES string of the molecule is CCOC(=O)CC[C@H](NC(=O)c1ccc(CCC(C[N+](=O)[O-])c2c(N)nc(N)[nH]c2=O)cc1)C(=O)OCC. The largest absolute Gasteiger partial charge is 0.466 e. The van der Waals surface area contributed by atoms with Gasteiger partial charge in [0.05, 0.1) is 24.7 Å². The Bertz CT molecular complexity index is 1200. The lowest BCUT2D eigenvalue weighted by molar-refractivity contribution is -0.483. The molecule has 1 aromatic heterocycles. The van der Waals surface area contributed by atoms with Crippen molar-refractivity contribution in [2.45, 2.75) is 51.5 Å². The van der Waals surface area contributed by atoms with Crippen molar-refractivity contribution in [3.05, 3.63) is 61.4 Å². The van der Waals surface area contributed by atoms with E-state index >= 15 is 0 Å². The number of anilines is 2. The molecule has 206 valence electrons. The van der Waals surface area contributed by atoms with E-state index in [2.05, 4.69) is 15.3 Å². The number of esters is 2. The number of aromatic nitrogens is 2. The first-order valence-corrected chi connectivity index (χ1v) is 12.0. The van der Waals surface area contributed by atoms with Crippen molar-refractivity contribution in [1.29, 1.82) is 0 Å². The van der Waals surface area contributed by atoms with Gasteiger partial charge in [0, 0.05) is 16.9 Å². The van der Waals surface area contributed by atoms with Crippen LogP contribution in [-0.2, 0) is 25.5 Å². The van der Waals surface area contributed by atoms with Crippen molar-refractivity contribution in [3.8, 4) is 0 Å². The normalized spacial score (nSPS) is 12.3. The Hall–Kier alpha value is -4.49. The molecule has 38 heavy (non-hydrogen) atoms. The van der Waals surface area contributed by atoms with Crippen molar-refractivity contribution in [3.63, 3.8) is 0 Å². The maximum absolute atomic E-state index is 12.7. The molecule has 14 nitrogen and oxygen atoms in total. The molecular weight excluding hydrogens is 500 g/mol. The highest BCUT2D eigenvalue weighted by Crippen LogP contribution is 2.23. The number of nitrogens with one attached hydrogen (secondary N) is 2. The number of nitrogens with zero attached hydrogens (tertiary/aromatic N) is 2. The van der Waals surface area contributed by atoms with Gasteiger partial charge in [0.1, 0.15) is 11.9 Å². The Kier molecular flexibility index (Phi) is 11.2. The minimum atomic E-state index is -1.04. The van der Waals surface area contributed by atoms with Gasteiger partial charge < -0.3 is 26.3 Å². The fourth-order valence-electron chi connectivity index (χ4n) is 3.81. The van der Waals surface area contributed by atoms with E-state index in [1.807, 2.05) is 0 Å². The van der Waals surface area contributed by atoms with Crippen LogP contribution in [0.3, 0.4) is 0 Å². The van der Waals surface area contributed by atoms with Crippen LogP contribution >= 0.6 is 0 Å². The van der Waals surface area contributed by atoms with Gasteiger partial charge in [0.25, 0.3) is 11.5 Å². The van der Waals surface area contributed by atoms with Gasteiger partial charge in [-0.1, -0.05) is 12.1 Å². The molecule has 0 saturated carbocycles. The minimum absolute atomic E-state index is 0.000256. The smallest absolute Gasteiger partial charge is 0.328 e. The number of carbonyl (C=O) groups is 3. The molecule has 0 aliphatic rings. The zero-order valence-corrected chi connectivity index (χ0v) is 21.2. The molecule has 2 aromatic rings. The van der Waals surface area contributed by atoms with E-state index in [0.717, 1.165) is 5.56 Å². The number of ether oxygens (including phenoxy) is 2. The van der Waals surface area contributed by atoms with Crippen LogP contribution in [0.5, 0.6) is 0 Å². The van der Waals surface area contributed by atoms with Crippen LogP contribution in [0, 0.1) is 10.1 Å². The lowest BCUT2D eigenvalue weighted by Gasteiger charge is -2.17. The lowest BCUT2D eigenvalue weighted by atomic mass is 9.93. The molecule has 0 spiro atoms. The van der Waals surface area contributed by atoms with E-state index < -0.39 is 46.8 Å². The van der Waals surface area contributed by atoms with Crippen molar-refractivity contribution < 1.29 is 28.8 Å². The van der Waals surface area contributed by atoms with E-state index in [1.165, 1.54) is 12.1 Å². The number of benzene rings is 1. The number of aromatic amines is 1. The number of hydrogen-bond acceptors (Lipinski definition) is 11. The standard InChI is InChI=1S/C24H32N6O8/c1-3-37-18(31)12-11-17(23(34)38-4-2)27-21(32)15-8-5-14(6-9-15)7-10-16(13-30(35)36)19-20(25)28-24(26)29-22(19)33/h5-6,8-9,16-17H,3-4,7,10-13H2,1-2H3,(H,27,32)(H5,25,26,28,29,33)/t16?,17-/m0/s1. The number of hydrogen-bond donors (Lipinski definition) is 4. The highest BCUT2D eigenvalue weighted by atomic mass is 16.6. The quantitative estimate of drug-likeness (QED) is 0.152. The predicted octanol–water partition coefficient (Wildman–Crippen LogP) is 0.932. The molecule has 6 N–H and O–H groups in total. The number of rotatable bonds is 14. The van der Waals surface area contributed by atoms with Crippen LogP contribution in [0.15, 0.2) is 29.1 Å². The Labute approximate surface area is 218 Å². The first-order valence-electron chi connectivity index (χ1n) is 12.0. The molecular formula is C24H32N6O8. The highest BCUT2D eigenvalue weighted by molar-refractivity contribution is 5.96. The van der Waals surface area contributed by atoms with Crippen LogP contribution in [0.1, 0.15) is 60.5 Å². The lowest BCUT2D eigenvalue weighted by Crippen LogP contribution is -2.42. The molecule has 2 atom stereocenters. The zero-order valence-electron chi connectivity index (χ0n) is 21.2.